The third kappa shape index (κ3) is 4.35. The summed E-state index contributed by atoms with van der Waals surface area (Å²) in [6.45, 7) is 0. The quantitative estimate of drug-likeness (QED) is 0.695. The van der Waals surface area contributed by atoms with Crippen LogP contribution in [0.25, 0.3) is 0 Å². The Labute approximate surface area is 51.4 Å². The van der Waals surface area contributed by atoms with Gasteiger partial charge in [-0.05, 0) is 0 Å². The monoisotopic (exact) mass is 284 g/mol. The van der Waals surface area contributed by atoms with Gasteiger partial charge in [-0.1, -0.05) is 0 Å². The van der Waals surface area contributed by atoms with Gasteiger partial charge in [-0.15, -0.1) is 0 Å². The zero-order valence-electron chi connectivity index (χ0n) is 3.35. The molecular weight excluding hydrogens is 277 g/mol. The van der Waals surface area contributed by atoms with Crippen LogP contribution in [0.3, 0.4) is 0 Å². The van der Waals surface area contributed by atoms with Gasteiger partial charge in [0.2, 0.25) is 0 Å². The molecule has 0 rings (SSSR count). The van der Waals surface area contributed by atoms with E-state index in [1.807, 2.05) is 0 Å². The predicted molar refractivity (Wildman–Crippen MR) is 25.6 cm³/mol. The molecule has 0 spiro atoms. The van der Waals surface area contributed by atoms with Crippen molar-refractivity contribution in [2.75, 3.05) is 0 Å². The Hall–Kier alpha value is 0.353. The number of carboxylic acid groups (broad SMARTS) is 1. The van der Waals surface area contributed by atoms with E-state index in [1.165, 1.54) is 0 Å². The summed E-state index contributed by atoms with van der Waals surface area (Å²) in [6.07, 6.45) is 0.366. The molecule has 0 saturated heterocycles. The van der Waals surface area contributed by atoms with E-state index in [-0.39, 0.29) is 0 Å². The van der Waals surface area contributed by atoms with Crippen molar-refractivity contribution in [3.8, 4) is 0 Å². The summed E-state index contributed by atoms with van der Waals surface area (Å²) in [5.74, 6) is -0.669. The van der Waals surface area contributed by atoms with Gasteiger partial charge < -0.3 is 0 Å². The molecule has 0 heterocycles. The first-order chi connectivity index (χ1) is 2.77. The number of carboxylic acids is 1. The fraction of sp³-hybridized carbons (Fsp3) is 0.667. The van der Waals surface area contributed by atoms with Gasteiger partial charge in [-0.25, -0.2) is 0 Å². The molecule has 2 nitrogen and oxygen atoms in total. The van der Waals surface area contributed by atoms with Crippen molar-refractivity contribution < 1.29 is 9.90 Å². The van der Waals surface area contributed by atoms with E-state index >= 15 is 0 Å². The molecule has 0 atom stereocenters. The van der Waals surface area contributed by atoms with Gasteiger partial charge >= 0.3 is 51.1 Å². The fourth-order valence-corrected chi connectivity index (χ4v) is 1.08. The Morgan fingerprint density at radius 2 is 2.33 bits per heavy atom. The summed E-state index contributed by atoms with van der Waals surface area (Å²) in [5.41, 5.74) is 0. The molecule has 0 aromatic heterocycles. The first-order valence-electron chi connectivity index (χ1n) is 1.69. The summed E-state index contributed by atoms with van der Waals surface area (Å²) in [6, 6.07) is 0. The third-order valence-electron chi connectivity index (χ3n) is 0.358. The number of carbonyl (C=O) groups is 1. The predicted octanol–water partition coefficient (Wildman–Crippen LogP) is -0.487. The van der Waals surface area contributed by atoms with Gasteiger partial charge in [-0.3, -0.25) is 0 Å². The maximum atomic E-state index is 9.63. The molecule has 1 N–H and O–H groups in total. The summed E-state index contributed by atoms with van der Waals surface area (Å²) in [4.78, 5) is 9.63. The Bertz CT molecular complexity index is 52.8. The Balaban J connectivity index is 2.83. The SMILES string of the molecule is O=C(O)C[CH2][BiH2]. The minimum atomic E-state index is -0.669. The van der Waals surface area contributed by atoms with Gasteiger partial charge in [0.15, 0.2) is 0 Å². The molecule has 0 radical (unpaired) electrons. The second-order valence-corrected chi connectivity index (χ2v) is 3.18. The molecule has 0 aliphatic heterocycles. The van der Waals surface area contributed by atoms with Crippen LogP contribution in [0.1, 0.15) is 6.42 Å². The Morgan fingerprint density at radius 3 is 2.33 bits per heavy atom. The van der Waals surface area contributed by atoms with Crippen LogP contribution in [0.5, 0.6) is 0 Å². The summed E-state index contributed by atoms with van der Waals surface area (Å²) in [7, 11) is 0. The van der Waals surface area contributed by atoms with Gasteiger partial charge in [0.05, 0.1) is 0 Å². The van der Waals surface area contributed by atoms with Crippen molar-refractivity contribution in [3.05, 3.63) is 0 Å². The molecular formula is C3H7BiO2. The van der Waals surface area contributed by atoms with Gasteiger partial charge in [-0.2, -0.15) is 0 Å². The molecule has 0 aliphatic carbocycles. The van der Waals surface area contributed by atoms with E-state index in [2.05, 4.69) is 0 Å². The minimum absolute atomic E-state index is 0.366. The van der Waals surface area contributed by atoms with E-state index in [0.29, 0.717) is 6.42 Å². The Morgan fingerprint density at radius 1 is 1.83 bits per heavy atom. The standard InChI is InChI=1S/C3H5O2.Bi.2H/c1-2-3(4)5;;;/h1-2H2,(H,4,5);;;. The van der Waals surface area contributed by atoms with Gasteiger partial charge in [0, 0.05) is 0 Å². The van der Waals surface area contributed by atoms with Crippen LogP contribution in [0.15, 0.2) is 0 Å². The summed E-state index contributed by atoms with van der Waals surface area (Å²) in [5, 5.41) is 7.94. The molecule has 3 heteroatoms. The molecule has 0 unspecified atom stereocenters. The molecule has 6 heavy (non-hydrogen) atoms. The molecule has 0 amide bonds. The molecule has 0 aromatic rings. The van der Waals surface area contributed by atoms with Crippen LogP contribution in [0, 0.1) is 0 Å². The zero-order valence-corrected chi connectivity index (χ0v) is 7.84. The van der Waals surface area contributed by atoms with Crippen molar-refractivity contribution in [3.63, 3.8) is 0 Å². The molecule has 0 aromatic carbocycles. The van der Waals surface area contributed by atoms with E-state index in [9.17, 15) is 4.79 Å². The molecule has 36 valence electrons. The second-order valence-electron chi connectivity index (χ2n) is 0.932. The zero-order chi connectivity index (χ0) is 4.99. The van der Waals surface area contributed by atoms with Crippen molar-refractivity contribution in [1.29, 1.82) is 0 Å². The van der Waals surface area contributed by atoms with Crippen LogP contribution in [-0.4, -0.2) is 35.8 Å². The van der Waals surface area contributed by atoms with Gasteiger partial charge in [0.1, 0.15) is 0 Å². The van der Waals surface area contributed by atoms with Gasteiger partial charge in [0.25, 0.3) is 0 Å². The summed E-state index contributed by atoms with van der Waals surface area (Å²) < 4.78 is 0.898. The third-order valence-corrected chi connectivity index (χ3v) is 1.48. The van der Waals surface area contributed by atoms with Crippen LogP contribution < -0.4 is 0 Å². The van der Waals surface area contributed by atoms with E-state index < -0.39 is 5.97 Å². The first kappa shape index (κ1) is 6.35. The number of hydrogen-bond acceptors (Lipinski definition) is 1. The molecule has 0 aliphatic rings. The molecule has 0 saturated carbocycles. The fourth-order valence-electron chi connectivity index (χ4n) is 0.123. The second kappa shape index (κ2) is 3.54. The van der Waals surface area contributed by atoms with Crippen molar-refractivity contribution in [2.45, 2.75) is 10.5 Å². The van der Waals surface area contributed by atoms with E-state index in [0.717, 1.165) is 28.8 Å². The van der Waals surface area contributed by atoms with Crippen molar-refractivity contribution in [1.82, 2.24) is 0 Å². The van der Waals surface area contributed by atoms with Crippen LogP contribution in [0.2, 0.25) is 4.13 Å². The van der Waals surface area contributed by atoms with E-state index in [1.54, 1.807) is 0 Å². The average Bonchev–Trinajstić information content (AvgIpc) is 1.35. The van der Waals surface area contributed by atoms with Crippen LogP contribution >= 0.6 is 0 Å². The number of aliphatic carboxylic acids is 1. The summed E-state index contributed by atoms with van der Waals surface area (Å²) >= 11 is 0.839. The van der Waals surface area contributed by atoms with Crippen molar-refractivity contribution >= 4 is 30.7 Å². The Kier molecular flexibility index (Phi) is 3.75. The normalized spacial score (nSPS) is 8.17. The molecule has 0 fully saturated rings. The van der Waals surface area contributed by atoms with E-state index in [4.69, 9.17) is 5.11 Å². The first-order valence-corrected chi connectivity index (χ1v) is 4.86. The number of rotatable bonds is 2. The molecule has 0 bridgehead atoms. The van der Waals surface area contributed by atoms with Crippen LogP contribution in [-0.2, 0) is 4.79 Å². The number of hydrogen-bond donors (Lipinski definition) is 1. The van der Waals surface area contributed by atoms with Crippen molar-refractivity contribution in [2.24, 2.45) is 0 Å². The topological polar surface area (TPSA) is 37.3 Å². The maximum absolute atomic E-state index is 9.63. The average molecular weight is 284 g/mol. The van der Waals surface area contributed by atoms with Crippen LogP contribution in [0.4, 0.5) is 0 Å².